The summed E-state index contributed by atoms with van der Waals surface area (Å²) in [5.41, 5.74) is 18.9. The predicted molar refractivity (Wildman–Crippen MR) is 269 cm³/mol. The highest BCUT2D eigenvalue weighted by molar-refractivity contribution is 6.91. The largest absolute Gasteiger partial charge is 0.469 e. The molecule has 0 bridgehead atoms. The van der Waals surface area contributed by atoms with Gasteiger partial charge in [-0.3, -0.25) is 0 Å². The number of rotatable bonds is 2. The zero-order valence-corrected chi connectivity index (χ0v) is 41.5. The second kappa shape index (κ2) is 13.3. The van der Waals surface area contributed by atoms with Crippen molar-refractivity contribution in [2.75, 3.05) is 9.80 Å². The van der Waals surface area contributed by atoms with E-state index >= 15 is 0 Å². The van der Waals surface area contributed by atoms with E-state index in [2.05, 4.69) is 219 Å². The van der Waals surface area contributed by atoms with Gasteiger partial charge in [-0.15, -0.1) is 0 Å². The van der Waals surface area contributed by atoms with Crippen molar-refractivity contribution in [3.05, 3.63) is 124 Å². The monoisotopic (exact) mass is 825 g/mol. The molecule has 9 rings (SSSR count). The first-order valence-corrected chi connectivity index (χ1v) is 23.6. The van der Waals surface area contributed by atoms with E-state index in [0.717, 1.165) is 11.2 Å². The number of allylic oxidation sites excluding steroid dienone is 2. The van der Waals surface area contributed by atoms with Crippen LogP contribution in [0.15, 0.2) is 94.9 Å². The number of nitrogens with zero attached hydrogens (tertiary/aromatic N) is 2. The summed E-state index contributed by atoms with van der Waals surface area (Å²) in [5.74, 6) is 0.0887. The van der Waals surface area contributed by atoms with Gasteiger partial charge in [-0.2, -0.15) is 0 Å². The van der Waals surface area contributed by atoms with Crippen LogP contribution in [0.1, 0.15) is 164 Å². The van der Waals surface area contributed by atoms with Gasteiger partial charge in [0.2, 0.25) is 0 Å². The van der Waals surface area contributed by atoms with Crippen molar-refractivity contribution in [1.82, 2.24) is 0 Å². The first-order chi connectivity index (χ1) is 28.5. The van der Waals surface area contributed by atoms with Crippen LogP contribution in [0.5, 0.6) is 0 Å². The third-order valence-corrected chi connectivity index (χ3v) is 15.5. The Morgan fingerprint density at radius 3 is 1.81 bits per heavy atom. The minimum absolute atomic E-state index is 0.0122. The first-order valence-electron chi connectivity index (χ1n) is 23.6. The highest BCUT2D eigenvalue weighted by atomic mass is 16.3. The quantitative estimate of drug-likeness (QED) is 0.165. The van der Waals surface area contributed by atoms with Gasteiger partial charge in [0.1, 0.15) is 5.58 Å². The molecule has 0 spiro atoms. The van der Waals surface area contributed by atoms with E-state index in [1.807, 2.05) is 0 Å². The third kappa shape index (κ3) is 6.58. The number of benzene rings is 4. The van der Waals surface area contributed by atoms with Gasteiger partial charge in [0.15, 0.2) is 0 Å². The van der Waals surface area contributed by atoms with Crippen LogP contribution in [0.2, 0.25) is 5.82 Å². The fraction of sp³-hybridized carbons (Fsp3) is 0.483. The Labute approximate surface area is 375 Å². The molecule has 2 aliphatic carbocycles. The van der Waals surface area contributed by atoms with Gasteiger partial charge >= 0.3 is 0 Å². The molecular formula is C58H73BN2O. The summed E-state index contributed by atoms with van der Waals surface area (Å²) in [6.07, 6.45) is 10.0. The van der Waals surface area contributed by atoms with E-state index in [4.69, 9.17) is 4.42 Å². The molecule has 0 saturated carbocycles. The van der Waals surface area contributed by atoms with Gasteiger partial charge < -0.3 is 14.2 Å². The van der Waals surface area contributed by atoms with Crippen LogP contribution in [0.4, 0.5) is 28.4 Å². The second-order valence-electron chi connectivity index (χ2n) is 25.4. The lowest BCUT2D eigenvalue weighted by Gasteiger charge is -2.56. The van der Waals surface area contributed by atoms with Gasteiger partial charge in [-0.25, -0.2) is 0 Å². The summed E-state index contributed by atoms with van der Waals surface area (Å²) >= 11 is 0. The Balaban J connectivity index is 1.42. The predicted octanol–water partition coefficient (Wildman–Crippen LogP) is 15.2. The van der Waals surface area contributed by atoms with E-state index in [9.17, 15) is 0 Å². The molecule has 5 aromatic rings. The molecule has 2 unspecified atom stereocenters. The Bertz CT molecular complexity index is 2690. The van der Waals surface area contributed by atoms with Crippen molar-refractivity contribution in [2.24, 2.45) is 5.41 Å². The van der Waals surface area contributed by atoms with E-state index in [1.165, 1.54) is 91.1 Å². The van der Waals surface area contributed by atoms with E-state index < -0.39 is 0 Å². The van der Waals surface area contributed by atoms with Gasteiger partial charge in [0.25, 0.3) is 6.71 Å². The molecule has 0 radical (unpaired) electrons. The van der Waals surface area contributed by atoms with Crippen LogP contribution in [-0.4, -0.2) is 12.3 Å². The molecule has 2 atom stereocenters. The molecule has 0 saturated heterocycles. The van der Waals surface area contributed by atoms with Crippen molar-refractivity contribution in [3.8, 4) is 0 Å². The summed E-state index contributed by atoms with van der Waals surface area (Å²) < 4.78 is 7.45. The normalized spacial score (nSPS) is 21.7. The van der Waals surface area contributed by atoms with Crippen molar-refractivity contribution in [3.63, 3.8) is 0 Å². The van der Waals surface area contributed by atoms with Crippen LogP contribution in [0, 0.1) is 12.3 Å². The lowest BCUT2D eigenvalue weighted by molar-refractivity contribution is 0.332. The smallest absolute Gasteiger partial charge is 0.273 e. The number of fused-ring (bicyclic) bond motifs is 7. The fourth-order valence-electron chi connectivity index (χ4n) is 11.3. The Hall–Kier alpha value is -4.44. The molecule has 3 nitrogen and oxygen atoms in total. The molecule has 62 heavy (non-hydrogen) atoms. The zero-order valence-electron chi connectivity index (χ0n) is 41.5. The average molecular weight is 825 g/mol. The van der Waals surface area contributed by atoms with Crippen LogP contribution in [0.25, 0.3) is 11.0 Å². The molecule has 4 aliphatic rings. The Kier molecular flexibility index (Phi) is 9.20. The summed E-state index contributed by atoms with van der Waals surface area (Å²) in [6.45, 7) is 42.7. The van der Waals surface area contributed by atoms with E-state index in [1.54, 1.807) is 0 Å². The van der Waals surface area contributed by atoms with Crippen molar-refractivity contribution < 1.29 is 4.42 Å². The minimum Gasteiger partial charge on any atom is -0.469 e. The summed E-state index contributed by atoms with van der Waals surface area (Å²) in [7, 11) is 0. The van der Waals surface area contributed by atoms with Gasteiger partial charge in [0, 0.05) is 28.1 Å². The number of anilines is 5. The summed E-state index contributed by atoms with van der Waals surface area (Å²) in [4.78, 5) is 5.35. The van der Waals surface area contributed by atoms with E-state index in [-0.39, 0.29) is 50.6 Å². The van der Waals surface area contributed by atoms with Crippen molar-refractivity contribution >= 4 is 57.2 Å². The molecule has 2 aliphatic heterocycles. The maximum absolute atomic E-state index is 7.45. The van der Waals surface area contributed by atoms with Gasteiger partial charge in [0.05, 0.1) is 16.9 Å². The molecule has 4 heteroatoms. The molecule has 0 amide bonds. The lowest BCUT2D eigenvalue weighted by atomic mass is 9.28. The van der Waals surface area contributed by atoms with Gasteiger partial charge in [-0.05, 0) is 158 Å². The SMILES string of the molecule is Cc1cc2c3c(c1)N(c1ccc4c(c1)C(C)(C)CCC4(C)C)C1(C)C=CC(C(C)(C)C)=CC1B3c1oc3ccc(C(C)(C)C)cc3c1N2c1cc(C(C)(C)C)cc(C(C)(C)C)c1. The zero-order chi connectivity index (χ0) is 45.1. The highest BCUT2D eigenvalue weighted by Gasteiger charge is 2.57. The number of furan rings is 1. The van der Waals surface area contributed by atoms with Gasteiger partial charge in [-0.1, -0.05) is 147 Å². The Morgan fingerprint density at radius 2 is 1.21 bits per heavy atom. The maximum atomic E-state index is 7.45. The summed E-state index contributed by atoms with van der Waals surface area (Å²) in [6, 6.07) is 26.8. The fourth-order valence-corrected chi connectivity index (χ4v) is 11.3. The molecule has 1 aromatic heterocycles. The summed E-state index contributed by atoms with van der Waals surface area (Å²) in [5, 5.41) is 1.19. The average Bonchev–Trinajstić information content (AvgIpc) is 3.53. The molecule has 3 heterocycles. The van der Waals surface area contributed by atoms with Crippen LogP contribution < -0.4 is 20.9 Å². The highest BCUT2D eigenvalue weighted by Crippen LogP contribution is 2.57. The van der Waals surface area contributed by atoms with Crippen LogP contribution in [0.3, 0.4) is 0 Å². The minimum atomic E-state index is -0.388. The Morgan fingerprint density at radius 1 is 0.613 bits per heavy atom. The number of hydrogen-bond acceptors (Lipinski definition) is 3. The molecule has 0 N–H and O–H groups in total. The maximum Gasteiger partial charge on any atom is 0.273 e. The van der Waals surface area contributed by atoms with Crippen molar-refractivity contribution in [1.29, 1.82) is 0 Å². The topological polar surface area (TPSA) is 19.6 Å². The van der Waals surface area contributed by atoms with Crippen molar-refractivity contribution in [2.45, 2.75) is 176 Å². The number of aryl methyl sites for hydroxylation is 1. The standard InChI is InChI=1S/C58H73BN2O/c1-35-27-45-49-46(28-35)61(40-20-21-43-44(34-40)57(16,17)26-25-56(43,14)15)58(18)24-23-37(53(5,6)7)33-48(58)59(49)51-50(42-32-36(52(2,3)4)19-22-47(42)62-51)60(45)41-30-38(54(8,9)10)29-39(31-41)55(11,12)13/h19-24,27-34,48H,25-26H2,1-18H3. The van der Waals surface area contributed by atoms with E-state index in [0.29, 0.717) is 0 Å². The van der Waals surface area contributed by atoms with Crippen LogP contribution in [-0.2, 0) is 27.1 Å². The number of hydrogen-bond donors (Lipinski definition) is 0. The van der Waals surface area contributed by atoms with Crippen LogP contribution >= 0.6 is 0 Å². The molecular weight excluding hydrogens is 751 g/mol. The second-order valence-corrected chi connectivity index (χ2v) is 25.4. The third-order valence-electron chi connectivity index (χ3n) is 15.5. The molecule has 324 valence electrons. The lowest BCUT2D eigenvalue weighted by Crippen LogP contribution is -2.66. The first kappa shape index (κ1) is 42.8. The molecule has 0 fully saturated rings. The molecule has 4 aromatic carbocycles.